The smallest absolute Gasteiger partial charge is 0.173 e. The van der Waals surface area contributed by atoms with E-state index in [1.807, 2.05) is 13.8 Å². The van der Waals surface area contributed by atoms with Gasteiger partial charge in [0, 0.05) is 5.57 Å². The molecule has 3 nitrogen and oxygen atoms in total. The van der Waals surface area contributed by atoms with Crippen molar-refractivity contribution in [2.45, 2.75) is 81.1 Å². The maximum Gasteiger partial charge on any atom is 0.173 e. The largest absolute Gasteiger partial charge is 0.500 e. The van der Waals surface area contributed by atoms with E-state index in [0.717, 1.165) is 18.4 Å². The number of ketones is 2. The molecular weight excluding hydrogens is 372 g/mol. The molecule has 166 valence electrons. The van der Waals surface area contributed by atoms with Gasteiger partial charge in [-0.05, 0) is 78.6 Å². The molecule has 0 heterocycles. The van der Waals surface area contributed by atoms with E-state index < -0.39 is 11.3 Å². The minimum atomic E-state index is -0.745. The fourth-order valence-electron chi connectivity index (χ4n) is 5.11. The molecule has 2 aliphatic rings. The Morgan fingerprint density at radius 2 is 1.53 bits per heavy atom. The molecule has 0 amide bonds. The lowest BCUT2D eigenvalue weighted by Crippen LogP contribution is -2.59. The van der Waals surface area contributed by atoms with Crippen LogP contribution in [0.1, 0.15) is 81.1 Å². The van der Waals surface area contributed by atoms with Gasteiger partial charge in [-0.2, -0.15) is 0 Å². The molecule has 0 saturated heterocycles. The Labute approximate surface area is 183 Å². The van der Waals surface area contributed by atoms with Gasteiger partial charge < -0.3 is 4.74 Å². The monoisotopic (exact) mass is 412 g/mol. The number of allylic oxidation sites excluding steroid dienone is 8. The van der Waals surface area contributed by atoms with E-state index in [1.165, 1.54) is 11.1 Å². The van der Waals surface area contributed by atoms with Crippen LogP contribution in [0, 0.1) is 22.7 Å². The highest BCUT2D eigenvalue weighted by Gasteiger charge is 2.63. The summed E-state index contributed by atoms with van der Waals surface area (Å²) in [5, 5.41) is 0. The van der Waals surface area contributed by atoms with Crippen LogP contribution in [0.2, 0.25) is 0 Å². The van der Waals surface area contributed by atoms with Crippen molar-refractivity contribution in [1.29, 1.82) is 0 Å². The molecule has 0 aromatic carbocycles. The Morgan fingerprint density at radius 3 is 2.03 bits per heavy atom. The van der Waals surface area contributed by atoms with Crippen LogP contribution in [0.5, 0.6) is 0 Å². The molecule has 1 fully saturated rings. The fourth-order valence-corrected chi connectivity index (χ4v) is 5.11. The first-order chi connectivity index (χ1) is 13.9. The zero-order chi connectivity index (χ0) is 22.9. The molecule has 2 rings (SSSR count). The summed E-state index contributed by atoms with van der Waals surface area (Å²) in [6.45, 7) is 16.6. The normalized spacial score (nSPS) is 27.5. The van der Waals surface area contributed by atoms with Crippen LogP contribution in [0.25, 0.3) is 0 Å². The number of carbonyl (C=O) groups is 2. The van der Waals surface area contributed by atoms with E-state index in [-0.39, 0.29) is 22.9 Å². The second-order valence-corrected chi connectivity index (χ2v) is 10.5. The van der Waals surface area contributed by atoms with Crippen molar-refractivity contribution in [2.75, 3.05) is 7.11 Å². The van der Waals surface area contributed by atoms with Crippen molar-refractivity contribution in [3.8, 4) is 0 Å². The van der Waals surface area contributed by atoms with Crippen molar-refractivity contribution < 1.29 is 14.3 Å². The number of hydrogen-bond donors (Lipinski definition) is 0. The predicted molar refractivity (Wildman–Crippen MR) is 124 cm³/mol. The number of fused-ring (bicyclic) bond motifs is 2. The van der Waals surface area contributed by atoms with Gasteiger partial charge in [0.2, 0.25) is 0 Å². The summed E-state index contributed by atoms with van der Waals surface area (Å²) in [7, 11) is 1.62. The van der Waals surface area contributed by atoms with Gasteiger partial charge in [0.05, 0.1) is 18.4 Å². The molecule has 0 spiro atoms. The van der Waals surface area contributed by atoms with Crippen molar-refractivity contribution >= 4 is 11.6 Å². The van der Waals surface area contributed by atoms with E-state index >= 15 is 0 Å². The summed E-state index contributed by atoms with van der Waals surface area (Å²) in [5.74, 6) is 0.267. The molecule has 30 heavy (non-hydrogen) atoms. The molecule has 0 unspecified atom stereocenters. The molecule has 0 aliphatic heterocycles. The Kier molecular flexibility index (Phi) is 7.37. The highest BCUT2D eigenvalue weighted by atomic mass is 16.5. The second-order valence-electron chi connectivity index (χ2n) is 10.5. The highest BCUT2D eigenvalue weighted by Crippen LogP contribution is 2.60. The molecular formula is C27H40O3. The third-order valence-electron chi connectivity index (χ3n) is 6.98. The SMILES string of the molecule is COC1=C(CC=C(C)C)C(=O)[C@H]2C(=O)[C@]1(CC=C(C)C)C[C@H](CC=C(C)C)C2(C)C. The van der Waals surface area contributed by atoms with Crippen LogP contribution < -0.4 is 0 Å². The number of methoxy groups -OCH3 is 1. The molecule has 2 aliphatic carbocycles. The first kappa shape index (κ1) is 24.4. The average Bonchev–Trinajstić information content (AvgIpc) is 2.62. The molecule has 0 aromatic rings. The zero-order valence-electron chi connectivity index (χ0n) is 20.4. The summed E-state index contributed by atoms with van der Waals surface area (Å²) in [6.07, 6.45) is 9.18. The zero-order valence-corrected chi connectivity index (χ0v) is 20.4. The van der Waals surface area contributed by atoms with Crippen molar-refractivity contribution in [3.63, 3.8) is 0 Å². The van der Waals surface area contributed by atoms with Crippen molar-refractivity contribution in [1.82, 2.24) is 0 Å². The van der Waals surface area contributed by atoms with Gasteiger partial charge in [0.1, 0.15) is 5.76 Å². The van der Waals surface area contributed by atoms with E-state index in [4.69, 9.17) is 4.74 Å². The van der Waals surface area contributed by atoms with E-state index in [0.29, 0.717) is 24.2 Å². The maximum absolute atomic E-state index is 13.9. The van der Waals surface area contributed by atoms with Crippen LogP contribution in [0.15, 0.2) is 46.3 Å². The van der Waals surface area contributed by atoms with Crippen molar-refractivity contribution in [3.05, 3.63) is 46.3 Å². The summed E-state index contributed by atoms with van der Waals surface area (Å²) in [4.78, 5) is 27.6. The van der Waals surface area contributed by atoms with Gasteiger partial charge >= 0.3 is 0 Å². The molecule has 0 radical (unpaired) electrons. The van der Waals surface area contributed by atoms with Gasteiger partial charge in [-0.15, -0.1) is 0 Å². The number of rotatable bonds is 7. The number of carbonyl (C=O) groups excluding carboxylic acids is 2. The Bertz CT molecular complexity index is 822. The molecule has 1 saturated carbocycles. The summed E-state index contributed by atoms with van der Waals surface area (Å²) >= 11 is 0. The minimum Gasteiger partial charge on any atom is -0.500 e. The standard InChI is InChI=1S/C27H40O3/c1-17(2)10-12-20-16-27(15-14-19(5)6)24(29)22(26(20,7)8)23(28)21(25(27)30-9)13-11-18(3)4/h10-11,14,20,22H,12-13,15-16H2,1-9H3/t20-,22-,27-/m0/s1. The third-order valence-corrected chi connectivity index (χ3v) is 6.98. The molecule has 2 bridgehead atoms. The lowest BCUT2D eigenvalue weighted by atomic mass is 9.47. The van der Waals surface area contributed by atoms with E-state index in [2.05, 4.69) is 59.8 Å². The molecule has 3 atom stereocenters. The van der Waals surface area contributed by atoms with Gasteiger partial charge in [-0.3, -0.25) is 9.59 Å². The summed E-state index contributed by atoms with van der Waals surface area (Å²) in [5.41, 5.74) is 3.17. The van der Waals surface area contributed by atoms with Crippen LogP contribution in [-0.4, -0.2) is 18.7 Å². The Balaban J connectivity index is 2.75. The number of ether oxygens (including phenoxy) is 1. The first-order valence-corrected chi connectivity index (χ1v) is 11.1. The highest BCUT2D eigenvalue weighted by molar-refractivity contribution is 6.17. The minimum absolute atomic E-state index is 0.0333. The van der Waals surface area contributed by atoms with Crippen LogP contribution in [0.3, 0.4) is 0 Å². The molecule has 0 aromatic heterocycles. The quantitative estimate of drug-likeness (QED) is 0.343. The van der Waals surface area contributed by atoms with Crippen LogP contribution >= 0.6 is 0 Å². The average molecular weight is 413 g/mol. The Morgan fingerprint density at radius 1 is 0.967 bits per heavy atom. The third kappa shape index (κ3) is 4.40. The van der Waals surface area contributed by atoms with E-state index in [1.54, 1.807) is 7.11 Å². The van der Waals surface area contributed by atoms with Gasteiger partial charge in [0.15, 0.2) is 11.6 Å². The van der Waals surface area contributed by atoms with Crippen LogP contribution in [0.4, 0.5) is 0 Å². The topological polar surface area (TPSA) is 43.4 Å². The molecule has 3 heteroatoms. The molecule has 0 N–H and O–H groups in total. The Hall–Kier alpha value is -1.90. The maximum atomic E-state index is 13.9. The van der Waals surface area contributed by atoms with Gasteiger partial charge in [-0.25, -0.2) is 0 Å². The van der Waals surface area contributed by atoms with Gasteiger partial charge in [0.25, 0.3) is 0 Å². The van der Waals surface area contributed by atoms with Gasteiger partial charge in [-0.1, -0.05) is 48.8 Å². The second kappa shape index (κ2) is 9.08. The summed E-state index contributed by atoms with van der Waals surface area (Å²) < 4.78 is 5.90. The van der Waals surface area contributed by atoms with Crippen LogP contribution in [-0.2, 0) is 14.3 Å². The lowest BCUT2D eigenvalue weighted by molar-refractivity contribution is -0.156. The first-order valence-electron chi connectivity index (χ1n) is 11.1. The number of hydrogen-bond acceptors (Lipinski definition) is 3. The summed E-state index contributed by atoms with van der Waals surface area (Å²) in [6, 6.07) is 0. The van der Waals surface area contributed by atoms with Crippen molar-refractivity contribution in [2.24, 2.45) is 22.7 Å². The van der Waals surface area contributed by atoms with E-state index in [9.17, 15) is 9.59 Å². The lowest BCUT2D eigenvalue weighted by Gasteiger charge is -2.54. The predicted octanol–water partition coefficient (Wildman–Crippen LogP) is 6.76. The number of Topliss-reactive ketones (excluding diaryl/α,β-unsaturated/α-hetero) is 2. The fraction of sp³-hybridized carbons (Fsp3) is 0.630.